The van der Waals surface area contributed by atoms with E-state index in [0.29, 0.717) is 17.4 Å². The van der Waals surface area contributed by atoms with E-state index in [-0.39, 0.29) is 30.5 Å². The van der Waals surface area contributed by atoms with E-state index < -0.39 is 18.6 Å². The van der Waals surface area contributed by atoms with E-state index in [2.05, 4.69) is 15.6 Å². The van der Waals surface area contributed by atoms with Crippen LogP contribution in [0.15, 0.2) is 35.3 Å². The molecule has 23 heavy (non-hydrogen) atoms. The highest BCUT2D eigenvalue weighted by molar-refractivity contribution is 14.0. The molecule has 0 bridgehead atoms. The van der Waals surface area contributed by atoms with Crippen LogP contribution >= 0.6 is 24.0 Å². The van der Waals surface area contributed by atoms with E-state index in [0.717, 1.165) is 12.6 Å². The van der Waals surface area contributed by atoms with Gasteiger partial charge >= 0.3 is 6.18 Å². The summed E-state index contributed by atoms with van der Waals surface area (Å²) in [7, 11) is 2.63. The number of carbonyl (C=O) groups is 1. The van der Waals surface area contributed by atoms with Gasteiger partial charge in [0.15, 0.2) is 5.96 Å². The summed E-state index contributed by atoms with van der Waals surface area (Å²) in [5.41, 5.74) is 1.02. The maximum absolute atomic E-state index is 12.2. The molecule has 0 radical (unpaired) electrons. The van der Waals surface area contributed by atoms with Gasteiger partial charge < -0.3 is 15.5 Å². The molecule has 0 saturated heterocycles. The number of alkyl halides is 3. The van der Waals surface area contributed by atoms with Crippen molar-refractivity contribution in [2.75, 3.05) is 27.2 Å². The zero-order valence-electron chi connectivity index (χ0n) is 12.9. The number of hydrogen-bond acceptors (Lipinski definition) is 2. The van der Waals surface area contributed by atoms with Crippen molar-refractivity contribution >= 4 is 35.8 Å². The monoisotopic (exact) mass is 444 g/mol. The van der Waals surface area contributed by atoms with E-state index in [1.165, 1.54) is 7.05 Å². The summed E-state index contributed by atoms with van der Waals surface area (Å²) < 4.78 is 36.6. The molecule has 0 unspecified atom stereocenters. The molecular weight excluding hydrogens is 424 g/mol. The Morgan fingerprint density at radius 3 is 2.35 bits per heavy atom. The summed E-state index contributed by atoms with van der Waals surface area (Å²) >= 11 is 0. The van der Waals surface area contributed by atoms with Gasteiger partial charge in [0.2, 0.25) is 5.91 Å². The van der Waals surface area contributed by atoms with Gasteiger partial charge in [-0.2, -0.15) is 13.2 Å². The summed E-state index contributed by atoms with van der Waals surface area (Å²) in [6, 6.07) is 9.52. The zero-order valence-corrected chi connectivity index (χ0v) is 15.2. The van der Waals surface area contributed by atoms with Gasteiger partial charge in [0.05, 0.1) is 6.54 Å². The maximum Gasteiger partial charge on any atom is 0.406 e. The second-order valence-corrected chi connectivity index (χ2v) is 4.63. The minimum absolute atomic E-state index is 0. The average Bonchev–Trinajstić information content (AvgIpc) is 2.46. The van der Waals surface area contributed by atoms with Crippen molar-refractivity contribution in [3.8, 4) is 0 Å². The van der Waals surface area contributed by atoms with Gasteiger partial charge in [-0.05, 0) is 5.56 Å². The molecule has 9 heteroatoms. The highest BCUT2D eigenvalue weighted by Gasteiger charge is 2.31. The van der Waals surface area contributed by atoms with Crippen LogP contribution in [0.3, 0.4) is 0 Å². The lowest BCUT2D eigenvalue weighted by Gasteiger charge is -2.20. The van der Waals surface area contributed by atoms with Crippen molar-refractivity contribution in [3.05, 3.63) is 35.9 Å². The first-order chi connectivity index (χ1) is 10.3. The van der Waals surface area contributed by atoms with Crippen molar-refractivity contribution in [2.45, 2.75) is 12.7 Å². The van der Waals surface area contributed by atoms with Crippen LogP contribution in [0, 0.1) is 0 Å². The highest BCUT2D eigenvalue weighted by Crippen LogP contribution is 2.15. The quantitative estimate of drug-likeness (QED) is 0.415. The highest BCUT2D eigenvalue weighted by atomic mass is 127. The standard InChI is InChI=1S/C14H19F3N4O.HI/c1-18-13(19-8-11-6-4-3-5-7-11)20-9-12(22)21(2)10-14(15,16)17;/h3-7H,8-10H2,1-2H3,(H2,18,19,20);1H. The van der Waals surface area contributed by atoms with Crippen LogP contribution in [-0.2, 0) is 11.3 Å². The Bertz CT molecular complexity index is 508. The Balaban J connectivity index is 0.00000484. The second kappa shape index (κ2) is 10.3. The third kappa shape index (κ3) is 9.26. The average molecular weight is 444 g/mol. The molecule has 0 atom stereocenters. The van der Waals surface area contributed by atoms with Crippen molar-refractivity contribution in [2.24, 2.45) is 4.99 Å². The fourth-order valence-corrected chi connectivity index (χ4v) is 1.65. The molecule has 0 spiro atoms. The molecule has 0 saturated carbocycles. The van der Waals surface area contributed by atoms with Crippen LogP contribution in [-0.4, -0.2) is 50.1 Å². The predicted molar refractivity (Wildman–Crippen MR) is 93.8 cm³/mol. The molecule has 1 aromatic carbocycles. The van der Waals surface area contributed by atoms with Gasteiger partial charge in [-0.25, -0.2) is 0 Å². The number of aliphatic imine (C=N–C) groups is 1. The molecule has 0 heterocycles. The molecule has 0 aromatic heterocycles. The molecule has 0 aliphatic carbocycles. The predicted octanol–water partition coefficient (Wildman–Crippen LogP) is 1.99. The Labute approximate surface area is 150 Å². The van der Waals surface area contributed by atoms with Crippen LogP contribution in [0.4, 0.5) is 13.2 Å². The van der Waals surface area contributed by atoms with Gasteiger partial charge in [-0.3, -0.25) is 9.79 Å². The van der Waals surface area contributed by atoms with Crippen LogP contribution in [0.1, 0.15) is 5.56 Å². The Morgan fingerprint density at radius 1 is 1.22 bits per heavy atom. The van der Waals surface area contributed by atoms with Crippen LogP contribution in [0.25, 0.3) is 0 Å². The van der Waals surface area contributed by atoms with Crippen LogP contribution < -0.4 is 10.6 Å². The largest absolute Gasteiger partial charge is 0.406 e. The molecule has 130 valence electrons. The molecule has 2 N–H and O–H groups in total. The van der Waals surface area contributed by atoms with E-state index in [9.17, 15) is 18.0 Å². The number of amides is 1. The molecule has 1 amide bonds. The molecule has 0 aliphatic heterocycles. The number of nitrogens with one attached hydrogen (secondary N) is 2. The number of benzene rings is 1. The summed E-state index contributed by atoms with van der Waals surface area (Å²) in [6.07, 6.45) is -4.41. The fraction of sp³-hybridized carbons (Fsp3) is 0.429. The normalized spacial score (nSPS) is 11.4. The minimum atomic E-state index is -4.41. The lowest BCUT2D eigenvalue weighted by atomic mass is 10.2. The van der Waals surface area contributed by atoms with Gasteiger partial charge in [-0.1, -0.05) is 30.3 Å². The van der Waals surface area contributed by atoms with E-state index in [1.54, 1.807) is 0 Å². The third-order valence-corrected chi connectivity index (χ3v) is 2.78. The number of carbonyl (C=O) groups excluding carboxylic acids is 1. The summed E-state index contributed by atoms with van der Waals surface area (Å²) in [4.78, 5) is 16.1. The van der Waals surface area contributed by atoms with Gasteiger partial charge in [-0.15, -0.1) is 24.0 Å². The number of likely N-dealkylation sites (N-methyl/N-ethyl adjacent to an activating group) is 1. The summed E-state index contributed by atoms with van der Waals surface area (Å²) in [5.74, 6) is -0.322. The lowest BCUT2D eigenvalue weighted by molar-refractivity contribution is -0.157. The minimum Gasteiger partial charge on any atom is -0.352 e. The molecule has 1 aromatic rings. The maximum atomic E-state index is 12.2. The Kier molecular flexibility index (Phi) is 9.61. The number of rotatable bonds is 5. The first-order valence-electron chi connectivity index (χ1n) is 6.61. The van der Waals surface area contributed by atoms with E-state index >= 15 is 0 Å². The SMILES string of the molecule is CN=C(NCC(=O)N(C)CC(F)(F)F)NCc1ccccc1.I. The van der Waals surface area contributed by atoms with Crippen LogP contribution in [0.5, 0.6) is 0 Å². The topological polar surface area (TPSA) is 56.7 Å². The summed E-state index contributed by atoms with van der Waals surface area (Å²) in [5, 5.41) is 5.66. The van der Waals surface area contributed by atoms with Crippen molar-refractivity contribution in [3.63, 3.8) is 0 Å². The Hall–Kier alpha value is -1.52. The Morgan fingerprint density at radius 2 is 1.83 bits per heavy atom. The van der Waals surface area contributed by atoms with Crippen LogP contribution in [0.2, 0.25) is 0 Å². The first kappa shape index (κ1) is 21.5. The van der Waals surface area contributed by atoms with Crippen molar-refractivity contribution in [1.82, 2.24) is 15.5 Å². The molecule has 1 rings (SSSR count). The number of halogens is 4. The smallest absolute Gasteiger partial charge is 0.352 e. The second-order valence-electron chi connectivity index (χ2n) is 4.63. The number of nitrogens with zero attached hydrogens (tertiary/aromatic N) is 2. The zero-order chi connectivity index (χ0) is 16.6. The number of guanidine groups is 1. The van der Waals surface area contributed by atoms with Crippen molar-refractivity contribution < 1.29 is 18.0 Å². The molecule has 5 nitrogen and oxygen atoms in total. The van der Waals surface area contributed by atoms with E-state index in [4.69, 9.17) is 0 Å². The first-order valence-corrected chi connectivity index (χ1v) is 6.61. The van der Waals surface area contributed by atoms with E-state index in [1.807, 2.05) is 30.3 Å². The molecular formula is C14H20F3IN4O. The molecule has 0 fully saturated rings. The van der Waals surface area contributed by atoms with Gasteiger partial charge in [0.1, 0.15) is 6.54 Å². The van der Waals surface area contributed by atoms with Gasteiger partial charge in [0.25, 0.3) is 0 Å². The third-order valence-electron chi connectivity index (χ3n) is 2.78. The van der Waals surface area contributed by atoms with Gasteiger partial charge in [0, 0.05) is 20.6 Å². The summed E-state index contributed by atoms with van der Waals surface area (Å²) in [6.45, 7) is -1.04. The lowest BCUT2D eigenvalue weighted by Crippen LogP contribution is -2.45. The van der Waals surface area contributed by atoms with Crippen molar-refractivity contribution in [1.29, 1.82) is 0 Å². The number of hydrogen-bond donors (Lipinski definition) is 2. The molecule has 0 aliphatic rings. The fourth-order valence-electron chi connectivity index (χ4n) is 1.65.